The number of pyridine rings is 1. The lowest BCUT2D eigenvalue weighted by molar-refractivity contribution is -0.139. The van der Waals surface area contributed by atoms with Crippen LogP contribution >= 0.6 is 23.2 Å². The number of hydrogen-bond acceptors (Lipinski definition) is 6. The van der Waals surface area contributed by atoms with E-state index in [2.05, 4.69) is 26.3 Å². The Balaban J connectivity index is 1.52. The predicted octanol–water partition coefficient (Wildman–Crippen LogP) is 3.17. The molecule has 1 aromatic heterocycles. The molecule has 0 aliphatic heterocycles. The number of carbonyl (C=O) groups excluding carboxylic acids is 3. The number of aromatic nitrogens is 1. The maximum Gasteiger partial charge on any atom is 0.328 e. The van der Waals surface area contributed by atoms with Crippen LogP contribution < -0.4 is 21.3 Å². The number of aryl methyl sites for hydroxylation is 1. The summed E-state index contributed by atoms with van der Waals surface area (Å²) in [6.07, 6.45) is 1.67. The van der Waals surface area contributed by atoms with Crippen molar-refractivity contribution in [1.82, 2.24) is 20.9 Å². The summed E-state index contributed by atoms with van der Waals surface area (Å²) < 4.78 is 0. The van der Waals surface area contributed by atoms with Gasteiger partial charge in [-0.1, -0.05) is 35.3 Å². The summed E-state index contributed by atoms with van der Waals surface area (Å²) in [5.41, 5.74) is 1.88. The molecule has 12 heteroatoms. The highest BCUT2D eigenvalue weighted by Gasteiger charge is 2.24. The number of halogens is 2. The summed E-state index contributed by atoms with van der Waals surface area (Å²) in [7, 11) is 0. The van der Waals surface area contributed by atoms with Gasteiger partial charge in [-0.15, -0.1) is 0 Å². The molecule has 2 aromatic carbocycles. The normalized spacial score (nSPS) is 11.2. The van der Waals surface area contributed by atoms with Gasteiger partial charge in [0.05, 0.1) is 22.2 Å². The summed E-state index contributed by atoms with van der Waals surface area (Å²) >= 11 is 12.0. The van der Waals surface area contributed by atoms with E-state index in [9.17, 15) is 24.3 Å². The van der Waals surface area contributed by atoms with Gasteiger partial charge in [0, 0.05) is 24.0 Å². The molecule has 5 N–H and O–H groups in total. The van der Waals surface area contributed by atoms with Crippen LogP contribution in [0.25, 0.3) is 0 Å². The van der Waals surface area contributed by atoms with Crippen LogP contribution in [0.4, 0.5) is 11.5 Å². The molecule has 0 aliphatic carbocycles. The molecule has 0 saturated carbocycles. The van der Waals surface area contributed by atoms with Crippen LogP contribution in [0.5, 0.6) is 0 Å². The van der Waals surface area contributed by atoms with Crippen molar-refractivity contribution in [3.8, 4) is 0 Å². The highest BCUT2D eigenvalue weighted by atomic mass is 35.5. The first kappa shape index (κ1) is 27.4. The Morgan fingerprint density at radius 1 is 0.946 bits per heavy atom. The second-order valence-electron chi connectivity index (χ2n) is 7.87. The number of amides is 3. The Morgan fingerprint density at radius 3 is 2.32 bits per heavy atom. The zero-order valence-electron chi connectivity index (χ0n) is 19.5. The van der Waals surface area contributed by atoms with Gasteiger partial charge >= 0.3 is 5.97 Å². The van der Waals surface area contributed by atoms with Gasteiger partial charge in [-0.3, -0.25) is 14.4 Å². The van der Waals surface area contributed by atoms with Crippen molar-refractivity contribution >= 4 is 58.4 Å². The van der Waals surface area contributed by atoms with Gasteiger partial charge < -0.3 is 26.4 Å². The average Bonchev–Trinajstić information content (AvgIpc) is 2.85. The van der Waals surface area contributed by atoms with E-state index < -0.39 is 42.8 Å². The fourth-order valence-electron chi connectivity index (χ4n) is 3.18. The van der Waals surface area contributed by atoms with Crippen molar-refractivity contribution < 1.29 is 24.3 Å². The van der Waals surface area contributed by atoms with Gasteiger partial charge in [0.1, 0.15) is 11.9 Å². The van der Waals surface area contributed by atoms with Gasteiger partial charge in [-0.25, -0.2) is 9.78 Å². The van der Waals surface area contributed by atoms with Crippen molar-refractivity contribution in [3.63, 3.8) is 0 Å². The summed E-state index contributed by atoms with van der Waals surface area (Å²) in [4.78, 5) is 53.0. The Morgan fingerprint density at radius 2 is 1.65 bits per heavy atom. The third-order valence-electron chi connectivity index (χ3n) is 5.02. The molecule has 0 bridgehead atoms. The van der Waals surface area contributed by atoms with Crippen LogP contribution in [-0.4, -0.2) is 52.9 Å². The number of carbonyl (C=O) groups is 4. The minimum atomic E-state index is -1.46. The summed E-state index contributed by atoms with van der Waals surface area (Å²) in [5, 5.41) is 19.7. The van der Waals surface area contributed by atoms with Gasteiger partial charge in [0.25, 0.3) is 11.8 Å². The van der Waals surface area contributed by atoms with E-state index in [4.69, 9.17) is 23.2 Å². The van der Waals surface area contributed by atoms with Crippen LogP contribution in [0.2, 0.25) is 10.0 Å². The largest absolute Gasteiger partial charge is 0.480 e. The average molecular weight is 544 g/mol. The Labute approximate surface area is 222 Å². The number of nitrogens with zero attached hydrogens (tertiary/aromatic N) is 1. The summed E-state index contributed by atoms with van der Waals surface area (Å²) in [6.45, 7) is 1.09. The third-order valence-corrected chi connectivity index (χ3v) is 5.65. The molecule has 37 heavy (non-hydrogen) atoms. The first-order valence-electron chi connectivity index (χ1n) is 11.0. The van der Waals surface area contributed by atoms with E-state index in [1.807, 2.05) is 19.1 Å². The molecule has 1 heterocycles. The molecule has 3 amide bonds. The Kier molecular flexibility index (Phi) is 9.42. The number of aliphatic carboxylic acids is 1. The van der Waals surface area contributed by atoms with E-state index in [0.29, 0.717) is 17.1 Å². The molecule has 0 radical (unpaired) electrons. The molecular weight excluding hydrogens is 521 g/mol. The van der Waals surface area contributed by atoms with E-state index in [1.165, 1.54) is 12.1 Å². The molecule has 0 aliphatic rings. The van der Waals surface area contributed by atoms with Crippen LogP contribution in [0.3, 0.4) is 0 Å². The number of hydrogen-bond donors (Lipinski definition) is 5. The maximum atomic E-state index is 12.5. The van der Waals surface area contributed by atoms with Crippen molar-refractivity contribution in [2.45, 2.75) is 13.0 Å². The maximum absolute atomic E-state index is 12.5. The van der Waals surface area contributed by atoms with Gasteiger partial charge in [0.2, 0.25) is 5.91 Å². The third kappa shape index (κ3) is 7.92. The second kappa shape index (κ2) is 12.7. The molecule has 3 rings (SSSR count). The van der Waals surface area contributed by atoms with E-state index in [1.54, 1.807) is 36.5 Å². The standard InChI is InChI=1S/C25H23Cl2N5O5/c1-14-8-9-28-20(10-14)31-16-5-2-4-15(11-16)23(34)30-13-21(33)29-12-19(25(36)37)32-24(35)22-17(26)6-3-7-18(22)27/h2-11,19H,12-13H2,1H3,(H,28,31)(H,29,33)(H,30,34)(H,32,35)(H,36,37). The highest BCUT2D eigenvalue weighted by molar-refractivity contribution is 6.39. The molecule has 192 valence electrons. The van der Waals surface area contributed by atoms with E-state index in [0.717, 1.165) is 5.56 Å². The number of carboxylic acid groups (broad SMARTS) is 1. The van der Waals surface area contributed by atoms with Crippen molar-refractivity contribution in [1.29, 1.82) is 0 Å². The van der Waals surface area contributed by atoms with Crippen LogP contribution in [0, 0.1) is 6.92 Å². The minimum Gasteiger partial charge on any atom is -0.480 e. The quantitative estimate of drug-likeness (QED) is 0.263. The second-order valence-corrected chi connectivity index (χ2v) is 8.69. The minimum absolute atomic E-state index is 0.0512. The first-order chi connectivity index (χ1) is 17.6. The van der Waals surface area contributed by atoms with Gasteiger partial charge in [0.15, 0.2) is 0 Å². The first-order valence-corrected chi connectivity index (χ1v) is 11.7. The van der Waals surface area contributed by atoms with Crippen molar-refractivity contribution in [2.75, 3.05) is 18.4 Å². The SMILES string of the molecule is Cc1ccnc(Nc2cccc(C(=O)NCC(=O)NCC(NC(=O)c3c(Cl)cccc3Cl)C(=O)O)c2)c1. The smallest absolute Gasteiger partial charge is 0.328 e. The fourth-order valence-corrected chi connectivity index (χ4v) is 3.75. The molecular formula is C25H23Cl2N5O5. The van der Waals surface area contributed by atoms with Crippen LogP contribution in [0.15, 0.2) is 60.8 Å². The molecule has 0 saturated heterocycles. The number of anilines is 2. The number of carboxylic acids is 1. The molecule has 0 spiro atoms. The van der Waals surface area contributed by atoms with Crippen molar-refractivity contribution in [2.24, 2.45) is 0 Å². The van der Waals surface area contributed by atoms with Crippen LogP contribution in [0.1, 0.15) is 26.3 Å². The predicted molar refractivity (Wildman–Crippen MR) is 139 cm³/mol. The zero-order valence-corrected chi connectivity index (χ0v) is 21.1. The monoisotopic (exact) mass is 543 g/mol. The number of rotatable bonds is 10. The highest BCUT2D eigenvalue weighted by Crippen LogP contribution is 2.24. The molecule has 10 nitrogen and oxygen atoms in total. The lowest BCUT2D eigenvalue weighted by Crippen LogP contribution is -2.50. The fraction of sp³-hybridized carbons (Fsp3) is 0.160. The van der Waals surface area contributed by atoms with Crippen LogP contribution in [-0.2, 0) is 9.59 Å². The lowest BCUT2D eigenvalue weighted by atomic mass is 10.2. The topological polar surface area (TPSA) is 150 Å². The number of benzene rings is 2. The molecule has 0 fully saturated rings. The van der Waals surface area contributed by atoms with E-state index in [-0.39, 0.29) is 15.6 Å². The Bertz CT molecular complexity index is 1310. The summed E-state index contributed by atoms with van der Waals surface area (Å²) in [5.74, 6) is -2.72. The molecule has 1 atom stereocenters. The number of nitrogens with one attached hydrogen (secondary N) is 4. The molecule has 3 aromatic rings. The van der Waals surface area contributed by atoms with Crippen molar-refractivity contribution in [3.05, 3.63) is 87.5 Å². The van der Waals surface area contributed by atoms with E-state index >= 15 is 0 Å². The Hall–Kier alpha value is -4.15. The van der Waals surface area contributed by atoms with Gasteiger partial charge in [-0.05, 0) is 55.0 Å². The molecule has 1 unspecified atom stereocenters. The lowest BCUT2D eigenvalue weighted by Gasteiger charge is -2.16. The van der Waals surface area contributed by atoms with Gasteiger partial charge in [-0.2, -0.15) is 0 Å². The zero-order chi connectivity index (χ0) is 26.9. The summed E-state index contributed by atoms with van der Waals surface area (Å²) in [6, 6.07) is 13.3.